The number of hydrogen-bond donors (Lipinski definition) is 2. The lowest BCUT2D eigenvalue weighted by Crippen LogP contribution is -2.37. The van der Waals surface area contributed by atoms with Crippen molar-refractivity contribution >= 4 is 0 Å². The summed E-state index contributed by atoms with van der Waals surface area (Å²) in [6.07, 6.45) is 3.78. The van der Waals surface area contributed by atoms with Gasteiger partial charge in [-0.25, -0.2) is 0 Å². The average molecular weight is 263 g/mol. The summed E-state index contributed by atoms with van der Waals surface area (Å²) >= 11 is 0. The minimum Gasteiger partial charge on any atom is -0.493 e. The van der Waals surface area contributed by atoms with E-state index in [1.54, 1.807) is 0 Å². The molecule has 0 amide bonds. The third kappa shape index (κ3) is 4.51. The highest BCUT2D eigenvalue weighted by Crippen LogP contribution is 2.18. The van der Waals surface area contributed by atoms with Crippen molar-refractivity contribution in [3.63, 3.8) is 0 Å². The molecule has 2 N–H and O–H groups in total. The van der Waals surface area contributed by atoms with Crippen molar-refractivity contribution in [2.75, 3.05) is 19.7 Å². The van der Waals surface area contributed by atoms with E-state index in [1.165, 1.54) is 12.0 Å². The number of nitrogens with one attached hydrogen (secondary N) is 1. The van der Waals surface area contributed by atoms with Gasteiger partial charge in [0, 0.05) is 13.0 Å². The van der Waals surface area contributed by atoms with Gasteiger partial charge in [0.2, 0.25) is 0 Å². The zero-order valence-electron chi connectivity index (χ0n) is 11.8. The monoisotopic (exact) mass is 263 g/mol. The van der Waals surface area contributed by atoms with Crippen molar-refractivity contribution in [1.82, 2.24) is 5.32 Å². The molecular formula is C16H25NO2. The Balaban J connectivity index is 1.72. The molecule has 0 bridgehead atoms. The molecule has 2 rings (SSSR count). The first-order chi connectivity index (χ1) is 9.29. The Morgan fingerprint density at radius 1 is 1.47 bits per heavy atom. The molecule has 3 heteroatoms. The maximum Gasteiger partial charge on any atom is 0.119 e. The van der Waals surface area contributed by atoms with Crippen molar-refractivity contribution in [2.45, 2.75) is 38.7 Å². The van der Waals surface area contributed by atoms with Crippen LogP contribution < -0.4 is 10.1 Å². The molecule has 0 spiro atoms. The van der Waals surface area contributed by atoms with E-state index in [0.29, 0.717) is 18.9 Å². The zero-order valence-corrected chi connectivity index (χ0v) is 11.8. The number of hydrogen-bond acceptors (Lipinski definition) is 3. The molecule has 0 aromatic heterocycles. The second kappa shape index (κ2) is 7.51. The van der Waals surface area contributed by atoms with Gasteiger partial charge in [-0.3, -0.25) is 0 Å². The smallest absolute Gasteiger partial charge is 0.119 e. The summed E-state index contributed by atoms with van der Waals surface area (Å²) in [6, 6.07) is 8.19. The fourth-order valence-electron chi connectivity index (χ4n) is 2.60. The Morgan fingerprint density at radius 3 is 3.11 bits per heavy atom. The summed E-state index contributed by atoms with van der Waals surface area (Å²) in [5.74, 6) is 1.30. The van der Waals surface area contributed by atoms with Gasteiger partial charge in [0.1, 0.15) is 5.75 Å². The highest BCUT2D eigenvalue weighted by molar-refractivity contribution is 5.28. The van der Waals surface area contributed by atoms with Crippen LogP contribution in [0.15, 0.2) is 24.3 Å². The maximum absolute atomic E-state index is 10.1. The van der Waals surface area contributed by atoms with Crippen molar-refractivity contribution in [3.8, 4) is 5.75 Å². The van der Waals surface area contributed by atoms with Crippen LogP contribution in [0.2, 0.25) is 0 Å². The van der Waals surface area contributed by atoms with E-state index in [2.05, 4.69) is 24.4 Å². The molecule has 1 aromatic rings. The maximum atomic E-state index is 10.1. The number of benzene rings is 1. The summed E-state index contributed by atoms with van der Waals surface area (Å²) in [5, 5.41) is 13.5. The normalized spacial score (nSPS) is 21.1. The average Bonchev–Trinajstić information content (AvgIpc) is 2.48. The van der Waals surface area contributed by atoms with E-state index >= 15 is 0 Å². The molecule has 1 heterocycles. The van der Waals surface area contributed by atoms with Gasteiger partial charge in [0.25, 0.3) is 0 Å². The Hall–Kier alpha value is -1.06. The number of rotatable bonds is 6. The zero-order chi connectivity index (χ0) is 13.5. The SMILES string of the molecule is CCc1cccc(OCCC(O)C2CCCNC2)c1. The minimum atomic E-state index is -0.248. The van der Waals surface area contributed by atoms with E-state index in [1.807, 2.05) is 12.1 Å². The van der Waals surface area contributed by atoms with Gasteiger partial charge in [-0.15, -0.1) is 0 Å². The van der Waals surface area contributed by atoms with E-state index in [-0.39, 0.29) is 6.10 Å². The van der Waals surface area contributed by atoms with E-state index < -0.39 is 0 Å². The van der Waals surface area contributed by atoms with Crippen molar-refractivity contribution in [1.29, 1.82) is 0 Å². The van der Waals surface area contributed by atoms with Gasteiger partial charge in [0.05, 0.1) is 12.7 Å². The van der Waals surface area contributed by atoms with E-state index in [4.69, 9.17) is 4.74 Å². The molecule has 106 valence electrons. The standard InChI is InChI=1S/C16H25NO2/c1-2-13-5-3-7-15(11-13)19-10-8-16(18)14-6-4-9-17-12-14/h3,5,7,11,14,16-18H,2,4,6,8-10,12H2,1H3. The molecule has 0 saturated carbocycles. The Labute approximate surface area is 116 Å². The topological polar surface area (TPSA) is 41.5 Å². The summed E-state index contributed by atoms with van der Waals surface area (Å²) in [5.41, 5.74) is 1.29. The molecule has 2 atom stereocenters. The van der Waals surface area contributed by atoms with Crippen LogP contribution in [-0.2, 0) is 6.42 Å². The minimum absolute atomic E-state index is 0.248. The number of aliphatic hydroxyl groups excluding tert-OH is 1. The van der Waals surface area contributed by atoms with Gasteiger partial charge >= 0.3 is 0 Å². The fraction of sp³-hybridized carbons (Fsp3) is 0.625. The molecular weight excluding hydrogens is 238 g/mol. The largest absolute Gasteiger partial charge is 0.493 e. The van der Waals surface area contributed by atoms with E-state index in [9.17, 15) is 5.11 Å². The lowest BCUT2D eigenvalue weighted by atomic mass is 9.92. The van der Waals surface area contributed by atoms with Gasteiger partial charge in [0.15, 0.2) is 0 Å². The molecule has 1 saturated heterocycles. The first kappa shape index (κ1) is 14.4. The molecule has 3 nitrogen and oxygen atoms in total. The first-order valence-electron chi connectivity index (χ1n) is 7.40. The van der Waals surface area contributed by atoms with Crippen LogP contribution in [0.3, 0.4) is 0 Å². The van der Waals surface area contributed by atoms with Crippen molar-refractivity contribution < 1.29 is 9.84 Å². The fourth-order valence-corrected chi connectivity index (χ4v) is 2.60. The second-order valence-electron chi connectivity index (χ2n) is 5.31. The van der Waals surface area contributed by atoms with Crippen LogP contribution >= 0.6 is 0 Å². The molecule has 2 unspecified atom stereocenters. The predicted molar refractivity (Wildman–Crippen MR) is 77.5 cm³/mol. The number of aryl methyl sites for hydroxylation is 1. The molecule has 19 heavy (non-hydrogen) atoms. The van der Waals surface area contributed by atoms with Gasteiger partial charge in [-0.2, -0.15) is 0 Å². The third-order valence-electron chi connectivity index (χ3n) is 3.87. The van der Waals surface area contributed by atoms with Crippen LogP contribution in [0.25, 0.3) is 0 Å². The molecule has 1 aromatic carbocycles. The number of ether oxygens (including phenoxy) is 1. The highest BCUT2D eigenvalue weighted by atomic mass is 16.5. The van der Waals surface area contributed by atoms with Gasteiger partial charge in [-0.05, 0) is 49.4 Å². The Bertz CT molecular complexity index is 375. The van der Waals surface area contributed by atoms with Gasteiger partial charge < -0.3 is 15.2 Å². The van der Waals surface area contributed by atoms with Crippen LogP contribution in [0.1, 0.15) is 31.7 Å². The summed E-state index contributed by atoms with van der Waals surface area (Å²) in [4.78, 5) is 0. The summed E-state index contributed by atoms with van der Waals surface area (Å²) < 4.78 is 5.73. The second-order valence-corrected chi connectivity index (χ2v) is 5.31. The molecule has 0 radical (unpaired) electrons. The Morgan fingerprint density at radius 2 is 2.37 bits per heavy atom. The van der Waals surface area contributed by atoms with Crippen LogP contribution in [0.4, 0.5) is 0 Å². The quantitative estimate of drug-likeness (QED) is 0.828. The van der Waals surface area contributed by atoms with Crippen molar-refractivity contribution in [3.05, 3.63) is 29.8 Å². The predicted octanol–water partition coefficient (Wildman–Crippen LogP) is 2.38. The summed E-state index contributed by atoms with van der Waals surface area (Å²) in [6.45, 7) is 4.75. The molecule has 1 fully saturated rings. The molecule has 1 aliphatic rings. The van der Waals surface area contributed by atoms with Crippen LogP contribution in [0, 0.1) is 5.92 Å². The first-order valence-corrected chi connectivity index (χ1v) is 7.40. The van der Waals surface area contributed by atoms with Gasteiger partial charge in [-0.1, -0.05) is 19.1 Å². The molecule has 0 aliphatic carbocycles. The highest BCUT2D eigenvalue weighted by Gasteiger charge is 2.21. The number of aliphatic hydroxyl groups is 1. The summed E-state index contributed by atoms with van der Waals surface area (Å²) in [7, 11) is 0. The van der Waals surface area contributed by atoms with Crippen LogP contribution in [-0.4, -0.2) is 30.9 Å². The van der Waals surface area contributed by atoms with E-state index in [0.717, 1.165) is 31.7 Å². The van der Waals surface area contributed by atoms with Crippen LogP contribution in [0.5, 0.6) is 5.75 Å². The molecule has 1 aliphatic heterocycles. The lowest BCUT2D eigenvalue weighted by Gasteiger charge is -2.27. The third-order valence-corrected chi connectivity index (χ3v) is 3.87. The Kier molecular flexibility index (Phi) is 5.67. The lowest BCUT2D eigenvalue weighted by molar-refractivity contribution is 0.0702. The number of piperidine rings is 1. The van der Waals surface area contributed by atoms with Crippen molar-refractivity contribution in [2.24, 2.45) is 5.92 Å².